The van der Waals surface area contributed by atoms with E-state index in [9.17, 15) is 13.2 Å². The van der Waals surface area contributed by atoms with E-state index in [4.69, 9.17) is 5.73 Å². The molecular weight excluding hydrogens is 341 g/mol. The Hall–Kier alpha value is -0.110. The predicted molar refractivity (Wildman–Crippen MR) is 76.3 cm³/mol. The maximum absolute atomic E-state index is 12.7. The Kier molecular flexibility index (Phi) is 6.29. The monoisotopic (exact) mass is 358 g/mol. The molecule has 0 aliphatic heterocycles. The third-order valence-corrected chi connectivity index (χ3v) is 4.43. The normalized spacial score (nSPS) is 15.8. The van der Waals surface area contributed by atoms with Crippen LogP contribution < -0.4 is 5.73 Å². The SMILES string of the molecule is CCCN(CC(F)(F)F)C(c1cc(Br)cs1)C(C)N. The molecule has 0 fully saturated rings. The van der Waals surface area contributed by atoms with Crippen molar-refractivity contribution in [3.63, 3.8) is 0 Å². The van der Waals surface area contributed by atoms with Crippen molar-refractivity contribution in [3.8, 4) is 0 Å². The lowest BCUT2D eigenvalue weighted by Gasteiger charge is -2.34. The van der Waals surface area contributed by atoms with Crippen LogP contribution in [0, 0.1) is 0 Å². The van der Waals surface area contributed by atoms with Crippen molar-refractivity contribution < 1.29 is 13.2 Å². The Balaban J connectivity index is 2.99. The molecule has 0 aliphatic carbocycles. The lowest BCUT2D eigenvalue weighted by atomic mass is 10.1. The van der Waals surface area contributed by atoms with E-state index < -0.39 is 18.8 Å². The molecule has 7 heteroatoms. The van der Waals surface area contributed by atoms with E-state index in [0.717, 1.165) is 9.35 Å². The van der Waals surface area contributed by atoms with Gasteiger partial charge in [0.25, 0.3) is 0 Å². The summed E-state index contributed by atoms with van der Waals surface area (Å²) in [4.78, 5) is 2.28. The molecule has 1 rings (SSSR count). The minimum absolute atomic E-state index is 0.362. The quantitative estimate of drug-likeness (QED) is 0.826. The first kappa shape index (κ1) is 16.9. The highest BCUT2D eigenvalue weighted by Gasteiger charge is 2.35. The van der Waals surface area contributed by atoms with Crippen molar-refractivity contribution in [1.29, 1.82) is 0 Å². The molecule has 19 heavy (non-hydrogen) atoms. The molecule has 2 atom stereocenters. The Morgan fingerprint density at radius 2 is 2.11 bits per heavy atom. The largest absolute Gasteiger partial charge is 0.401 e. The van der Waals surface area contributed by atoms with E-state index in [1.807, 2.05) is 18.4 Å². The van der Waals surface area contributed by atoms with Gasteiger partial charge in [0.1, 0.15) is 0 Å². The molecule has 2 unspecified atom stereocenters. The van der Waals surface area contributed by atoms with Gasteiger partial charge >= 0.3 is 6.18 Å². The van der Waals surface area contributed by atoms with Crippen LogP contribution in [0.5, 0.6) is 0 Å². The summed E-state index contributed by atoms with van der Waals surface area (Å²) in [5.74, 6) is 0. The molecule has 0 saturated carbocycles. The van der Waals surface area contributed by atoms with Gasteiger partial charge in [0.05, 0.1) is 12.6 Å². The second-order valence-electron chi connectivity index (χ2n) is 4.56. The molecule has 110 valence electrons. The number of nitrogens with zero attached hydrogens (tertiary/aromatic N) is 1. The summed E-state index contributed by atoms with van der Waals surface area (Å²) in [5, 5.41) is 1.86. The fourth-order valence-corrected chi connectivity index (χ4v) is 3.78. The molecule has 2 nitrogen and oxygen atoms in total. The van der Waals surface area contributed by atoms with Gasteiger partial charge in [0, 0.05) is 20.8 Å². The second kappa shape index (κ2) is 7.06. The minimum atomic E-state index is -4.21. The summed E-state index contributed by atoms with van der Waals surface area (Å²) in [5.41, 5.74) is 5.91. The highest BCUT2D eigenvalue weighted by atomic mass is 79.9. The van der Waals surface area contributed by atoms with E-state index in [-0.39, 0.29) is 6.04 Å². The average molecular weight is 359 g/mol. The molecule has 0 spiro atoms. The van der Waals surface area contributed by atoms with Crippen LogP contribution in [0.3, 0.4) is 0 Å². The van der Waals surface area contributed by atoms with Gasteiger partial charge in [-0.2, -0.15) is 13.2 Å². The summed E-state index contributed by atoms with van der Waals surface area (Å²) in [7, 11) is 0. The van der Waals surface area contributed by atoms with Crippen LogP contribution in [0.15, 0.2) is 15.9 Å². The predicted octanol–water partition coefficient (Wildman–Crippen LogP) is 4.17. The summed E-state index contributed by atoms with van der Waals surface area (Å²) in [6, 6.07) is 1.08. The maximum Gasteiger partial charge on any atom is 0.401 e. The summed E-state index contributed by atoms with van der Waals surface area (Å²) >= 11 is 4.76. The van der Waals surface area contributed by atoms with E-state index in [0.29, 0.717) is 13.0 Å². The van der Waals surface area contributed by atoms with Gasteiger partial charge in [0.15, 0.2) is 0 Å². The third-order valence-electron chi connectivity index (χ3n) is 2.66. The zero-order valence-electron chi connectivity index (χ0n) is 10.9. The topological polar surface area (TPSA) is 29.3 Å². The van der Waals surface area contributed by atoms with Crippen LogP contribution in [0.4, 0.5) is 13.2 Å². The van der Waals surface area contributed by atoms with Crippen molar-refractivity contribution in [1.82, 2.24) is 4.90 Å². The van der Waals surface area contributed by atoms with Crippen molar-refractivity contribution in [3.05, 3.63) is 20.8 Å². The molecule has 0 aliphatic rings. The second-order valence-corrected chi connectivity index (χ2v) is 6.42. The van der Waals surface area contributed by atoms with Gasteiger partial charge in [-0.3, -0.25) is 4.90 Å². The lowest BCUT2D eigenvalue weighted by molar-refractivity contribution is -0.151. The molecule has 1 heterocycles. The van der Waals surface area contributed by atoms with Crippen LogP contribution in [0.2, 0.25) is 0 Å². The molecule has 0 bridgehead atoms. The van der Waals surface area contributed by atoms with Crippen LogP contribution in [-0.2, 0) is 0 Å². The molecule has 0 amide bonds. The zero-order chi connectivity index (χ0) is 14.6. The van der Waals surface area contributed by atoms with Crippen LogP contribution >= 0.6 is 27.3 Å². The minimum Gasteiger partial charge on any atom is -0.326 e. The first-order valence-corrected chi connectivity index (χ1v) is 7.72. The molecule has 0 saturated heterocycles. The zero-order valence-corrected chi connectivity index (χ0v) is 13.3. The molecule has 2 N–H and O–H groups in total. The smallest absolute Gasteiger partial charge is 0.326 e. The summed E-state index contributed by atoms with van der Waals surface area (Å²) in [6.45, 7) is 3.06. The van der Waals surface area contributed by atoms with Gasteiger partial charge in [-0.1, -0.05) is 6.92 Å². The molecule has 1 aromatic heterocycles. The number of hydrogen-bond donors (Lipinski definition) is 1. The van der Waals surface area contributed by atoms with Crippen LogP contribution in [-0.4, -0.2) is 30.2 Å². The standard InChI is InChI=1S/C12H18BrF3N2S/c1-3-4-18(7-12(14,15)16)11(8(2)17)10-5-9(13)6-19-10/h5-6,8,11H,3-4,7,17H2,1-2H3. The lowest BCUT2D eigenvalue weighted by Crippen LogP contribution is -2.44. The fourth-order valence-electron chi connectivity index (χ4n) is 2.09. The fraction of sp³-hybridized carbons (Fsp3) is 0.667. The Bertz CT molecular complexity index is 393. The van der Waals surface area contributed by atoms with Crippen LogP contribution in [0.1, 0.15) is 31.2 Å². The molecular formula is C12H18BrF3N2S. The van der Waals surface area contributed by atoms with Crippen molar-refractivity contribution in [2.75, 3.05) is 13.1 Å². The van der Waals surface area contributed by atoms with E-state index in [1.165, 1.54) is 16.2 Å². The van der Waals surface area contributed by atoms with Gasteiger partial charge in [-0.25, -0.2) is 0 Å². The van der Waals surface area contributed by atoms with Gasteiger partial charge in [-0.15, -0.1) is 11.3 Å². The Morgan fingerprint density at radius 3 is 2.47 bits per heavy atom. The van der Waals surface area contributed by atoms with E-state index in [2.05, 4.69) is 15.9 Å². The summed E-state index contributed by atoms with van der Waals surface area (Å²) in [6.07, 6.45) is -3.55. The first-order valence-electron chi connectivity index (χ1n) is 6.05. The van der Waals surface area contributed by atoms with Gasteiger partial charge in [-0.05, 0) is 41.9 Å². The maximum atomic E-state index is 12.7. The number of hydrogen-bond acceptors (Lipinski definition) is 3. The van der Waals surface area contributed by atoms with E-state index in [1.54, 1.807) is 6.92 Å². The molecule has 0 radical (unpaired) electrons. The number of thiophene rings is 1. The number of nitrogens with two attached hydrogens (primary N) is 1. The summed E-state index contributed by atoms with van der Waals surface area (Å²) < 4.78 is 38.9. The average Bonchev–Trinajstić information content (AvgIpc) is 2.62. The number of alkyl halides is 3. The number of rotatable bonds is 6. The highest BCUT2D eigenvalue weighted by Crippen LogP contribution is 2.33. The molecule has 0 aromatic carbocycles. The Morgan fingerprint density at radius 1 is 1.47 bits per heavy atom. The van der Waals surface area contributed by atoms with Gasteiger partial charge in [0.2, 0.25) is 0 Å². The van der Waals surface area contributed by atoms with Crippen molar-refractivity contribution >= 4 is 27.3 Å². The highest BCUT2D eigenvalue weighted by molar-refractivity contribution is 9.10. The van der Waals surface area contributed by atoms with Gasteiger partial charge < -0.3 is 5.73 Å². The van der Waals surface area contributed by atoms with Crippen molar-refractivity contribution in [2.45, 2.75) is 38.5 Å². The van der Waals surface area contributed by atoms with Crippen molar-refractivity contribution in [2.24, 2.45) is 5.73 Å². The third kappa shape index (κ3) is 5.41. The number of halogens is 4. The first-order chi connectivity index (χ1) is 8.74. The van der Waals surface area contributed by atoms with E-state index >= 15 is 0 Å². The Labute approximate surface area is 123 Å². The van der Waals surface area contributed by atoms with Crippen LogP contribution in [0.25, 0.3) is 0 Å². The molecule has 1 aromatic rings.